The fourth-order valence-corrected chi connectivity index (χ4v) is 3.46. The number of pyridine rings is 1. The molecule has 0 unspecified atom stereocenters. The Kier molecular flexibility index (Phi) is 3.29. The average Bonchev–Trinajstić information content (AvgIpc) is 2.99. The molecule has 112 valence electrons. The third kappa shape index (κ3) is 2.34. The van der Waals surface area contributed by atoms with E-state index in [-0.39, 0.29) is 5.82 Å². The van der Waals surface area contributed by atoms with Crippen molar-refractivity contribution in [2.45, 2.75) is 18.8 Å². The number of aromatic amines is 1. The van der Waals surface area contributed by atoms with Gasteiger partial charge >= 0.3 is 0 Å². The first-order valence-corrected chi connectivity index (χ1v) is 7.73. The van der Waals surface area contributed by atoms with Gasteiger partial charge in [0.05, 0.1) is 0 Å². The van der Waals surface area contributed by atoms with Crippen LogP contribution in [0.25, 0.3) is 10.9 Å². The number of benzene rings is 1. The molecule has 3 nitrogen and oxygen atoms in total. The molecule has 0 atom stereocenters. The first-order valence-electron chi connectivity index (χ1n) is 7.73. The highest BCUT2D eigenvalue weighted by Gasteiger charge is 2.23. The van der Waals surface area contributed by atoms with Crippen LogP contribution >= 0.6 is 0 Å². The molecule has 1 aliphatic rings. The Morgan fingerprint density at radius 1 is 1.09 bits per heavy atom. The first kappa shape index (κ1) is 13.3. The van der Waals surface area contributed by atoms with Gasteiger partial charge in [-0.1, -0.05) is 0 Å². The lowest BCUT2D eigenvalue weighted by molar-refractivity contribution is 0.508. The molecule has 0 spiro atoms. The van der Waals surface area contributed by atoms with E-state index >= 15 is 0 Å². The van der Waals surface area contributed by atoms with Crippen LogP contribution in [0.1, 0.15) is 24.3 Å². The summed E-state index contributed by atoms with van der Waals surface area (Å²) in [5, 5.41) is 1.16. The van der Waals surface area contributed by atoms with Gasteiger partial charge in [0.25, 0.3) is 0 Å². The zero-order chi connectivity index (χ0) is 14.9. The number of piperidine rings is 1. The first-order chi connectivity index (χ1) is 10.8. The third-order valence-electron chi connectivity index (χ3n) is 4.64. The Morgan fingerprint density at radius 2 is 1.86 bits per heavy atom. The van der Waals surface area contributed by atoms with Crippen molar-refractivity contribution in [1.82, 2.24) is 9.97 Å². The SMILES string of the molecule is Fc1ccc2c(C3CCN(c4ccncc4)CC3)c[nH]c2c1. The van der Waals surface area contributed by atoms with E-state index in [9.17, 15) is 4.39 Å². The van der Waals surface area contributed by atoms with Crippen molar-refractivity contribution < 1.29 is 4.39 Å². The number of fused-ring (bicyclic) bond motifs is 1. The van der Waals surface area contributed by atoms with Crippen LogP contribution in [0.2, 0.25) is 0 Å². The van der Waals surface area contributed by atoms with Crippen molar-refractivity contribution in [2.75, 3.05) is 18.0 Å². The van der Waals surface area contributed by atoms with Gasteiger partial charge in [-0.05, 0) is 54.7 Å². The van der Waals surface area contributed by atoms with Crippen molar-refractivity contribution in [3.8, 4) is 0 Å². The highest BCUT2D eigenvalue weighted by atomic mass is 19.1. The van der Waals surface area contributed by atoms with Gasteiger partial charge in [-0.15, -0.1) is 0 Å². The normalized spacial score (nSPS) is 16.3. The van der Waals surface area contributed by atoms with Crippen LogP contribution in [-0.4, -0.2) is 23.1 Å². The number of hydrogen-bond acceptors (Lipinski definition) is 2. The van der Waals surface area contributed by atoms with Crippen molar-refractivity contribution in [3.63, 3.8) is 0 Å². The molecule has 3 aromatic rings. The Labute approximate surface area is 128 Å². The molecule has 1 saturated heterocycles. The van der Waals surface area contributed by atoms with Gasteiger partial charge < -0.3 is 9.88 Å². The minimum atomic E-state index is -0.187. The van der Waals surface area contributed by atoms with Gasteiger partial charge in [-0.2, -0.15) is 0 Å². The van der Waals surface area contributed by atoms with Crippen LogP contribution in [-0.2, 0) is 0 Å². The highest BCUT2D eigenvalue weighted by molar-refractivity contribution is 5.83. The minimum absolute atomic E-state index is 0.187. The van der Waals surface area contributed by atoms with Crippen molar-refractivity contribution in [2.24, 2.45) is 0 Å². The van der Waals surface area contributed by atoms with Crippen molar-refractivity contribution in [3.05, 3.63) is 60.3 Å². The van der Waals surface area contributed by atoms with Crippen LogP contribution in [0.5, 0.6) is 0 Å². The number of H-pyrrole nitrogens is 1. The molecule has 1 N–H and O–H groups in total. The number of hydrogen-bond donors (Lipinski definition) is 1. The maximum atomic E-state index is 13.3. The van der Waals surface area contributed by atoms with Gasteiger partial charge in [0, 0.05) is 48.3 Å². The molecule has 0 amide bonds. The zero-order valence-corrected chi connectivity index (χ0v) is 12.3. The quantitative estimate of drug-likeness (QED) is 0.772. The minimum Gasteiger partial charge on any atom is -0.371 e. The lowest BCUT2D eigenvalue weighted by atomic mass is 9.89. The number of nitrogens with one attached hydrogen (secondary N) is 1. The monoisotopic (exact) mass is 295 g/mol. The molecule has 0 saturated carbocycles. The predicted octanol–water partition coefficient (Wildman–Crippen LogP) is 4.09. The highest BCUT2D eigenvalue weighted by Crippen LogP contribution is 2.34. The molecule has 0 bridgehead atoms. The van der Waals surface area contributed by atoms with E-state index in [1.807, 2.05) is 18.5 Å². The standard InChI is InChI=1S/C18H18FN3/c19-14-1-2-16-17(12-21-18(16)11-14)13-5-9-22(10-6-13)15-3-7-20-8-4-15/h1-4,7-8,11-13,21H,5-6,9-10H2. The number of anilines is 1. The Balaban J connectivity index is 1.53. The predicted molar refractivity (Wildman–Crippen MR) is 86.7 cm³/mol. The zero-order valence-electron chi connectivity index (χ0n) is 12.3. The summed E-state index contributed by atoms with van der Waals surface area (Å²) in [4.78, 5) is 9.69. The molecule has 1 fully saturated rings. The second-order valence-corrected chi connectivity index (χ2v) is 5.90. The van der Waals surface area contributed by atoms with Crippen molar-refractivity contribution in [1.29, 1.82) is 0 Å². The van der Waals surface area contributed by atoms with E-state index in [1.54, 1.807) is 12.1 Å². The van der Waals surface area contributed by atoms with E-state index in [4.69, 9.17) is 0 Å². The van der Waals surface area contributed by atoms with E-state index in [0.717, 1.165) is 36.8 Å². The number of aromatic nitrogens is 2. The van der Waals surface area contributed by atoms with Crippen LogP contribution in [0.15, 0.2) is 48.9 Å². The van der Waals surface area contributed by atoms with E-state index < -0.39 is 0 Å². The fraction of sp³-hybridized carbons (Fsp3) is 0.278. The summed E-state index contributed by atoms with van der Waals surface area (Å²) in [6.07, 6.45) is 7.97. The molecule has 2 aromatic heterocycles. The molecule has 4 heteroatoms. The lowest BCUT2D eigenvalue weighted by Gasteiger charge is -2.33. The van der Waals surface area contributed by atoms with Crippen LogP contribution in [0.3, 0.4) is 0 Å². The molecular formula is C18H18FN3. The van der Waals surface area contributed by atoms with E-state index in [1.165, 1.54) is 11.3 Å². The molecule has 1 aliphatic heterocycles. The second-order valence-electron chi connectivity index (χ2n) is 5.90. The molecule has 1 aromatic carbocycles. The molecule has 0 radical (unpaired) electrons. The molecular weight excluding hydrogens is 277 g/mol. The Morgan fingerprint density at radius 3 is 2.64 bits per heavy atom. The van der Waals surface area contributed by atoms with E-state index in [2.05, 4.69) is 33.2 Å². The summed E-state index contributed by atoms with van der Waals surface area (Å²) in [7, 11) is 0. The van der Waals surface area contributed by atoms with Gasteiger partial charge in [0.2, 0.25) is 0 Å². The second kappa shape index (κ2) is 5.44. The maximum absolute atomic E-state index is 13.3. The van der Waals surface area contributed by atoms with E-state index in [0.29, 0.717) is 5.92 Å². The van der Waals surface area contributed by atoms with Crippen LogP contribution in [0.4, 0.5) is 10.1 Å². The van der Waals surface area contributed by atoms with Gasteiger partial charge in [-0.25, -0.2) is 4.39 Å². The Bertz CT molecular complexity index is 773. The summed E-state index contributed by atoms with van der Waals surface area (Å²) in [6, 6.07) is 9.14. The van der Waals surface area contributed by atoms with Gasteiger partial charge in [-0.3, -0.25) is 4.98 Å². The molecule has 22 heavy (non-hydrogen) atoms. The largest absolute Gasteiger partial charge is 0.371 e. The maximum Gasteiger partial charge on any atom is 0.125 e. The average molecular weight is 295 g/mol. The van der Waals surface area contributed by atoms with Gasteiger partial charge in [0.15, 0.2) is 0 Å². The van der Waals surface area contributed by atoms with Crippen LogP contribution < -0.4 is 4.90 Å². The molecule has 0 aliphatic carbocycles. The fourth-order valence-electron chi connectivity index (χ4n) is 3.46. The molecule has 4 rings (SSSR count). The number of rotatable bonds is 2. The topological polar surface area (TPSA) is 31.9 Å². The Hall–Kier alpha value is -2.36. The molecule has 3 heterocycles. The summed E-state index contributed by atoms with van der Waals surface area (Å²) in [6.45, 7) is 2.09. The number of nitrogens with zero attached hydrogens (tertiary/aromatic N) is 2. The summed E-state index contributed by atoms with van der Waals surface area (Å²) in [5.41, 5.74) is 3.46. The summed E-state index contributed by atoms with van der Waals surface area (Å²) < 4.78 is 13.3. The summed E-state index contributed by atoms with van der Waals surface area (Å²) >= 11 is 0. The summed E-state index contributed by atoms with van der Waals surface area (Å²) in [5.74, 6) is 0.353. The smallest absolute Gasteiger partial charge is 0.125 e. The lowest BCUT2D eigenvalue weighted by Crippen LogP contribution is -2.32. The van der Waals surface area contributed by atoms with Crippen molar-refractivity contribution >= 4 is 16.6 Å². The third-order valence-corrected chi connectivity index (χ3v) is 4.64. The van der Waals surface area contributed by atoms with Gasteiger partial charge in [0.1, 0.15) is 5.82 Å². The number of halogens is 1. The van der Waals surface area contributed by atoms with Crippen LogP contribution in [0, 0.1) is 5.82 Å².